The average molecular weight is 379 g/mol. The first-order valence-electron chi connectivity index (χ1n) is 9.44. The summed E-state index contributed by atoms with van der Waals surface area (Å²) in [4.78, 5) is 39.4. The van der Waals surface area contributed by atoms with Gasteiger partial charge in [-0.2, -0.15) is 0 Å². The summed E-state index contributed by atoms with van der Waals surface area (Å²) in [7, 11) is 0. The van der Waals surface area contributed by atoms with Crippen molar-refractivity contribution in [1.82, 2.24) is 4.90 Å². The summed E-state index contributed by atoms with van der Waals surface area (Å²) in [6.45, 7) is 4.59. The summed E-state index contributed by atoms with van der Waals surface area (Å²) in [6.07, 6.45) is 1.14. The van der Waals surface area contributed by atoms with Gasteiger partial charge in [0.05, 0.1) is 0 Å². The number of carbonyl (C=O) groups excluding carboxylic acids is 3. The monoisotopic (exact) mass is 379 g/mol. The third-order valence-corrected chi connectivity index (χ3v) is 4.91. The molecule has 1 N–H and O–H groups in total. The molecule has 0 fully saturated rings. The minimum atomic E-state index is -0.148. The lowest BCUT2D eigenvalue weighted by atomic mass is 10.00. The van der Waals surface area contributed by atoms with Crippen molar-refractivity contribution in [3.63, 3.8) is 0 Å². The second-order valence-corrected chi connectivity index (χ2v) is 6.98. The quantitative estimate of drug-likeness (QED) is 0.868. The van der Waals surface area contributed by atoms with Crippen LogP contribution in [-0.2, 0) is 27.3 Å². The molecule has 0 bridgehead atoms. The van der Waals surface area contributed by atoms with E-state index in [0.29, 0.717) is 31.0 Å². The zero-order valence-electron chi connectivity index (χ0n) is 16.3. The maximum Gasteiger partial charge on any atom is 0.224 e. The third-order valence-electron chi connectivity index (χ3n) is 4.91. The molecular formula is C22H25N3O3. The molecule has 28 heavy (non-hydrogen) atoms. The molecule has 0 saturated heterocycles. The van der Waals surface area contributed by atoms with Crippen LogP contribution in [0.2, 0.25) is 0 Å². The van der Waals surface area contributed by atoms with E-state index in [1.165, 1.54) is 25.0 Å². The number of amides is 3. The zero-order chi connectivity index (χ0) is 20.1. The van der Waals surface area contributed by atoms with E-state index in [0.717, 1.165) is 6.42 Å². The lowest BCUT2D eigenvalue weighted by molar-refractivity contribution is -0.132. The standard InChI is InChI=1S/C22H25N3O3/c1-16(26)23-20-7-9-21(10-8-20)25(17(2)27)14-12-22(28)24-13-11-18-5-3-4-6-19(18)15-24/h3-10H,11-15H2,1-2H3,(H,23,26). The van der Waals surface area contributed by atoms with Crippen molar-refractivity contribution in [1.29, 1.82) is 0 Å². The molecular weight excluding hydrogens is 354 g/mol. The molecule has 1 aliphatic heterocycles. The number of nitrogens with one attached hydrogen (secondary N) is 1. The molecule has 6 heteroatoms. The highest BCUT2D eigenvalue weighted by Crippen LogP contribution is 2.21. The Kier molecular flexibility index (Phi) is 6.09. The first-order valence-corrected chi connectivity index (χ1v) is 9.44. The molecule has 0 aromatic heterocycles. The number of benzene rings is 2. The van der Waals surface area contributed by atoms with Crippen LogP contribution < -0.4 is 10.2 Å². The maximum absolute atomic E-state index is 12.7. The van der Waals surface area contributed by atoms with Crippen LogP contribution in [0.3, 0.4) is 0 Å². The van der Waals surface area contributed by atoms with E-state index < -0.39 is 0 Å². The normalized spacial score (nSPS) is 12.9. The van der Waals surface area contributed by atoms with Gasteiger partial charge in [-0.15, -0.1) is 0 Å². The van der Waals surface area contributed by atoms with Gasteiger partial charge in [0.15, 0.2) is 0 Å². The van der Waals surface area contributed by atoms with Crippen LogP contribution in [-0.4, -0.2) is 35.7 Å². The Morgan fingerprint density at radius 3 is 2.32 bits per heavy atom. The molecule has 3 amide bonds. The Bertz CT molecular complexity index is 877. The van der Waals surface area contributed by atoms with Gasteiger partial charge in [-0.3, -0.25) is 14.4 Å². The van der Waals surface area contributed by atoms with Gasteiger partial charge >= 0.3 is 0 Å². The molecule has 6 nitrogen and oxygen atoms in total. The van der Waals surface area contributed by atoms with E-state index in [9.17, 15) is 14.4 Å². The van der Waals surface area contributed by atoms with Crippen LogP contribution in [0.5, 0.6) is 0 Å². The van der Waals surface area contributed by atoms with Crippen molar-refractivity contribution in [2.24, 2.45) is 0 Å². The highest BCUT2D eigenvalue weighted by molar-refractivity contribution is 5.93. The van der Waals surface area contributed by atoms with Gasteiger partial charge in [0.25, 0.3) is 0 Å². The molecule has 1 heterocycles. The van der Waals surface area contributed by atoms with Crippen molar-refractivity contribution < 1.29 is 14.4 Å². The Hall–Kier alpha value is -3.15. The topological polar surface area (TPSA) is 69.7 Å². The molecule has 1 aliphatic rings. The van der Waals surface area contributed by atoms with Crippen LogP contribution >= 0.6 is 0 Å². The van der Waals surface area contributed by atoms with Crippen molar-refractivity contribution in [2.75, 3.05) is 23.3 Å². The summed E-state index contributed by atoms with van der Waals surface area (Å²) in [5.41, 5.74) is 3.87. The van der Waals surface area contributed by atoms with Crippen LogP contribution in [0.1, 0.15) is 31.4 Å². The Morgan fingerprint density at radius 2 is 1.68 bits per heavy atom. The molecule has 2 aromatic carbocycles. The molecule has 0 radical (unpaired) electrons. The van der Waals surface area contributed by atoms with Gasteiger partial charge in [-0.1, -0.05) is 24.3 Å². The maximum atomic E-state index is 12.7. The highest BCUT2D eigenvalue weighted by Gasteiger charge is 2.21. The fourth-order valence-electron chi connectivity index (χ4n) is 3.47. The van der Waals surface area contributed by atoms with Crippen LogP contribution in [0, 0.1) is 0 Å². The van der Waals surface area contributed by atoms with Crippen LogP contribution in [0.4, 0.5) is 11.4 Å². The highest BCUT2D eigenvalue weighted by atomic mass is 16.2. The zero-order valence-corrected chi connectivity index (χ0v) is 16.3. The lowest BCUT2D eigenvalue weighted by Gasteiger charge is -2.30. The Labute approximate surface area is 165 Å². The minimum Gasteiger partial charge on any atom is -0.338 e. The van der Waals surface area contributed by atoms with E-state index in [1.54, 1.807) is 29.2 Å². The summed E-state index contributed by atoms with van der Waals surface area (Å²) in [5, 5.41) is 2.70. The fourth-order valence-corrected chi connectivity index (χ4v) is 3.47. The number of carbonyl (C=O) groups is 3. The SMILES string of the molecule is CC(=O)Nc1ccc(N(CCC(=O)N2CCc3ccccc3C2)C(C)=O)cc1. The summed E-state index contributed by atoms with van der Waals surface area (Å²) < 4.78 is 0. The number of hydrogen-bond acceptors (Lipinski definition) is 3. The van der Waals surface area contributed by atoms with E-state index in [2.05, 4.69) is 17.4 Å². The van der Waals surface area contributed by atoms with E-state index in [-0.39, 0.29) is 24.1 Å². The van der Waals surface area contributed by atoms with Gasteiger partial charge in [0, 0.05) is 51.3 Å². The second-order valence-electron chi connectivity index (χ2n) is 6.98. The van der Waals surface area contributed by atoms with E-state index >= 15 is 0 Å². The number of fused-ring (bicyclic) bond motifs is 1. The number of rotatable bonds is 5. The van der Waals surface area contributed by atoms with E-state index in [1.807, 2.05) is 17.0 Å². The van der Waals surface area contributed by atoms with Crippen molar-refractivity contribution in [2.45, 2.75) is 33.2 Å². The first kappa shape index (κ1) is 19.6. The third kappa shape index (κ3) is 4.76. The summed E-state index contributed by atoms with van der Waals surface area (Å²) >= 11 is 0. The minimum absolute atomic E-state index is 0.0515. The molecule has 146 valence electrons. The molecule has 2 aromatic rings. The largest absolute Gasteiger partial charge is 0.338 e. The average Bonchev–Trinajstić information content (AvgIpc) is 2.68. The lowest BCUT2D eigenvalue weighted by Crippen LogP contribution is -2.39. The van der Waals surface area contributed by atoms with Gasteiger partial charge in [0.1, 0.15) is 0 Å². The van der Waals surface area contributed by atoms with Gasteiger partial charge in [-0.05, 0) is 41.8 Å². The first-order chi connectivity index (χ1) is 13.4. The van der Waals surface area contributed by atoms with Crippen LogP contribution in [0.15, 0.2) is 48.5 Å². The van der Waals surface area contributed by atoms with Crippen molar-refractivity contribution >= 4 is 29.1 Å². The van der Waals surface area contributed by atoms with Crippen molar-refractivity contribution in [3.05, 3.63) is 59.7 Å². The Balaban J connectivity index is 1.61. The molecule has 0 spiro atoms. The molecule has 0 unspecified atom stereocenters. The number of nitrogens with zero attached hydrogens (tertiary/aromatic N) is 2. The fraction of sp³-hybridized carbons (Fsp3) is 0.318. The van der Waals surface area contributed by atoms with Crippen molar-refractivity contribution in [3.8, 4) is 0 Å². The molecule has 3 rings (SSSR count). The van der Waals surface area contributed by atoms with Gasteiger partial charge < -0.3 is 15.1 Å². The molecule has 0 saturated carbocycles. The smallest absolute Gasteiger partial charge is 0.224 e. The molecule has 0 atom stereocenters. The summed E-state index contributed by atoms with van der Waals surface area (Å²) in [5.74, 6) is -0.218. The van der Waals surface area contributed by atoms with Gasteiger partial charge in [-0.25, -0.2) is 0 Å². The predicted octanol–water partition coefficient (Wildman–Crippen LogP) is 2.97. The summed E-state index contributed by atoms with van der Waals surface area (Å²) in [6, 6.07) is 15.2. The van der Waals surface area contributed by atoms with Gasteiger partial charge in [0.2, 0.25) is 17.7 Å². The Morgan fingerprint density at radius 1 is 1.00 bits per heavy atom. The number of anilines is 2. The molecule has 0 aliphatic carbocycles. The van der Waals surface area contributed by atoms with E-state index in [4.69, 9.17) is 0 Å². The second kappa shape index (κ2) is 8.69. The van der Waals surface area contributed by atoms with Crippen LogP contribution in [0.25, 0.3) is 0 Å². The predicted molar refractivity (Wildman–Crippen MR) is 109 cm³/mol. The number of hydrogen-bond donors (Lipinski definition) is 1.